The van der Waals surface area contributed by atoms with E-state index in [9.17, 15) is 4.79 Å². The zero-order chi connectivity index (χ0) is 13.9. The quantitative estimate of drug-likeness (QED) is 0.781. The highest BCUT2D eigenvalue weighted by Gasteiger charge is 2.09. The van der Waals surface area contributed by atoms with Gasteiger partial charge < -0.3 is 5.32 Å². The van der Waals surface area contributed by atoms with E-state index in [1.54, 1.807) is 12.3 Å². The predicted octanol–water partition coefficient (Wildman–Crippen LogP) is 2.33. The third-order valence-corrected chi connectivity index (χ3v) is 2.77. The number of halogens is 1. The second kappa shape index (κ2) is 5.18. The minimum absolute atomic E-state index is 0.164. The van der Waals surface area contributed by atoms with Crippen molar-refractivity contribution >= 4 is 34.4 Å². The maximum absolute atomic E-state index is 11.9. The number of nitrogens with zero attached hydrogens (tertiary/aromatic N) is 4. The zero-order valence-electron chi connectivity index (χ0n) is 10.1. The number of carbonyl (C=O) groups is 1. The molecule has 0 radical (unpaired) electrons. The van der Waals surface area contributed by atoms with Crippen molar-refractivity contribution in [2.45, 2.75) is 0 Å². The molecule has 0 atom stereocenters. The highest BCUT2D eigenvalue weighted by molar-refractivity contribution is 6.29. The molecule has 3 rings (SSSR count). The van der Waals surface area contributed by atoms with E-state index in [1.165, 1.54) is 12.1 Å². The molecule has 0 unspecified atom stereocenters. The van der Waals surface area contributed by atoms with E-state index in [-0.39, 0.29) is 10.8 Å². The van der Waals surface area contributed by atoms with Crippen LogP contribution in [0.25, 0.3) is 11.0 Å². The number of pyridine rings is 2. The van der Waals surface area contributed by atoms with Crippen molar-refractivity contribution in [3.63, 3.8) is 0 Å². The molecule has 7 heteroatoms. The molecule has 0 saturated heterocycles. The smallest absolute Gasteiger partial charge is 0.277 e. The van der Waals surface area contributed by atoms with Crippen molar-refractivity contribution in [2.24, 2.45) is 0 Å². The summed E-state index contributed by atoms with van der Waals surface area (Å²) >= 11 is 5.62. The molecule has 3 aromatic rings. The Morgan fingerprint density at radius 1 is 1.10 bits per heavy atom. The van der Waals surface area contributed by atoms with E-state index in [0.29, 0.717) is 11.5 Å². The molecule has 0 aliphatic heterocycles. The van der Waals surface area contributed by atoms with Crippen LogP contribution in [0.3, 0.4) is 0 Å². The van der Waals surface area contributed by atoms with Crippen LogP contribution in [0.15, 0.2) is 42.6 Å². The minimum atomic E-state index is -0.406. The van der Waals surface area contributed by atoms with E-state index in [0.717, 1.165) is 5.39 Å². The third kappa shape index (κ3) is 2.55. The molecule has 20 heavy (non-hydrogen) atoms. The average Bonchev–Trinajstić information content (AvgIpc) is 2.48. The van der Waals surface area contributed by atoms with Crippen LogP contribution in [0.1, 0.15) is 10.5 Å². The molecule has 3 aromatic heterocycles. The first-order valence-corrected chi connectivity index (χ1v) is 6.12. The van der Waals surface area contributed by atoms with Crippen molar-refractivity contribution in [3.05, 3.63) is 53.4 Å². The van der Waals surface area contributed by atoms with Gasteiger partial charge in [0.15, 0.2) is 16.5 Å². The van der Waals surface area contributed by atoms with Crippen molar-refractivity contribution < 1.29 is 4.79 Å². The van der Waals surface area contributed by atoms with E-state index < -0.39 is 5.91 Å². The van der Waals surface area contributed by atoms with Crippen LogP contribution in [-0.2, 0) is 0 Å². The van der Waals surface area contributed by atoms with Gasteiger partial charge in [-0.15, -0.1) is 10.2 Å². The number of fused-ring (bicyclic) bond motifs is 1. The summed E-state index contributed by atoms with van der Waals surface area (Å²) in [6.07, 6.45) is 1.64. The highest BCUT2D eigenvalue weighted by atomic mass is 35.5. The Morgan fingerprint density at radius 3 is 2.80 bits per heavy atom. The van der Waals surface area contributed by atoms with Gasteiger partial charge in [0.05, 0.1) is 0 Å². The van der Waals surface area contributed by atoms with Crippen LogP contribution in [0.4, 0.5) is 5.82 Å². The molecule has 0 aromatic carbocycles. The molecule has 98 valence electrons. The topological polar surface area (TPSA) is 80.7 Å². The Kier molecular flexibility index (Phi) is 3.22. The second-order valence-electron chi connectivity index (χ2n) is 3.94. The van der Waals surface area contributed by atoms with Crippen molar-refractivity contribution in [2.75, 3.05) is 5.32 Å². The molecule has 0 fully saturated rings. The van der Waals surface area contributed by atoms with Crippen LogP contribution in [0.2, 0.25) is 5.15 Å². The molecular weight excluding hydrogens is 278 g/mol. The van der Waals surface area contributed by atoms with Gasteiger partial charge in [-0.05, 0) is 36.4 Å². The fourth-order valence-electron chi connectivity index (χ4n) is 1.64. The summed E-state index contributed by atoms with van der Waals surface area (Å²) < 4.78 is 0. The lowest BCUT2D eigenvalue weighted by atomic mass is 10.3. The average molecular weight is 286 g/mol. The summed E-state index contributed by atoms with van der Waals surface area (Å²) in [6, 6.07) is 10.2. The Morgan fingerprint density at radius 2 is 2.00 bits per heavy atom. The molecule has 0 spiro atoms. The zero-order valence-corrected chi connectivity index (χ0v) is 10.9. The Balaban J connectivity index is 1.85. The summed E-state index contributed by atoms with van der Waals surface area (Å²) in [5.74, 6) is -0.00472. The first-order valence-electron chi connectivity index (χ1n) is 5.75. The lowest BCUT2D eigenvalue weighted by Crippen LogP contribution is -2.15. The van der Waals surface area contributed by atoms with Gasteiger partial charge in [-0.1, -0.05) is 11.6 Å². The lowest BCUT2D eigenvalue weighted by Gasteiger charge is -2.04. The summed E-state index contributed by atoms with van der Waals surface area (Å²) in [5, 5.41) is 11.1. The maximum atomic E-state index is 11.9. The minimum Gasteiger partial charge on any atom is -0.305 e. The number of hydrogen-bond acceptors (Lipinski definition) is 5. The van der Waals surface area contributed by atoms with Gasteiger partial charge in [-0.2, -0.15) is 0 Å². The first kappa shape index (κ1) is 12.4. The summed E-state index contributed by atoms with van der Waals surface area (Å²) in [7, 11) is 0. The fourth-order valence-corrected chi connectivity index (χ4v) is 1.74. The van der Waals surface area contributed by atoms with Gasteiger partial charge >= 0.3 is 0 Å². The molecule has 6 nitrogen and oxygen atoms in total. The third-order valence-electron chi connectivity index (χ3n) is 2.57. The van der Waals surface area contributed by atoms with E-state index in [1.807, 2.05) is 18.2 Å². The van der Waals surface area contributed by atoms with Crippen molar-refractivity contribution in [3.8, 4) is 0 Å². The van der Waals surface area contributed by atoms with Gasteiger partial charge in [0.2, 0.25) is 0 Å². The number of hydrogen-bond donors (Lipinski definition) is 1. The number of carbonyl (C=O) groups excluding carboxylic acids is 1. The Labute approximate surface area is 118 Å². The normalized spacial score (nSPS) is 10.4. The van der Waals surface area contributed by atoms with E-state index in [4.69, 9.17) is 11.6 Å². The Bertz CT molecular complexity index is 775. The molecule has 3 heterocycles. The van der Waals surface area contributed by atoms with Crippen LogP contribution in [-0.4, -0.2) is 26.1 Å². The number of nitrogens with one attached hydrogen (secondary N) is 1. The standard InChI is InChI=1S/C13H8ClN5O/c14-10-5-4-9(18-19-10)13(20)17-11-6-3-8-2-1-7-15-12(8)16-11/h1-7H,(H,15,16,17,20). The van der Waals surface area contributed by atoms with Gasteiger partial charge in [0.1, 0.15) is 5.82 Å². The molecule has 0 aliphatic rings. The molecule has 0 aliphatic carbocycles. The first-order chi connectivity index (χ1) is 9.72. The number of amides is 1. The van der Waals surface area contributed by atoms with E-state index in [2.05, 4.69) is 25.5 Å². The predicted molar refractivity (Wildman–Crippen MR) is 74.5 cm³/mol. The monoisotopic (exact) mass is 285 g/mol. The highest BCUT2D eigenvalue weighted by Crippen LogP contribution is 2.13. The Hall–Kier alpha value is -2.60. The fraction of sp³-hybridized carbons (Fsp3) is 0. The van der Waals surface area contributed by atoms with Crippen molar-refractivity contribution in [1.29, 1.82) is 0 Å². The SMILES string of the molecule is O=C(Nc1ccc2cccnc2n1)c1ccc(Cl)nn1. The molecule has 0 bridgehead atoms. The summed E-state index contributed by atoms with van der Waals surface area (Å²) in [6.45, 7) is 0. The van der Waals surface area contributed by atoms with E-state index >= 15 is 0 Å². The van der Waals surface area contributed by atoms with Gasteiger partial charge in [-0.25, -0.2) is 9.97 Å². The number of aromatic nitrogens is 4. The van der Waals surface area contributed by atoms with Crippen LogP contribution in [0, 0.1) is 0 Å². The molecule has 0 saturated carbocycles. The summed E-state index contributed by atoms with van der Waals surface area (Å²) in [4.78, 5) is 20.3. The van der Waals surface area contributed by atoms with Crippen molar-refractivity contribution in [1.82, 2.24) is 20.2 Å². The largest absolute Gasteiger partial charge is 0.305 e. The molecule has 1 amide bonds. The van der Waals surface area contributed by atoms with Gasteiger partial charge in [-0.3, -0.25) is 4.79 Å². The lowest BCUT2D eigenvalue weighted by molar-refractivity contribution is 0.102. The van der Waals surface area contributed by atoms with Crippen LogP contribution in [0.5, 0.6) is 0 Å². The molecule has 1 N–H and O–H groups in total. The number of rotatable bonds is 2. The van der Waals surface area contributed by atoms with Gasteiger partial charge in [0, 0.05) is 11.6 Å². The van der Waals surface area contributed by atoms with Crippen LogP contribution < -0.4 is 5.32 Å². The van der Waals surface area contributed by atoms with Crippen LogP contribution >= 0.6 is 11.6 Å². The molecular formula is C13H8ClN5O. The maximum Gasteiger partial charge on any atom is 0.277 e. The second-order valence-corrected chi connectivity index (χ2v) is 4.33. The summed E-state index contributed by atoms with van der Waals surface area (Å²) in [5.41, 5.74) is 0.727. The van der Waals surface area contributed by atoms with Gasteiger partial charge in [0.25, 0.3) is 5.91 Å². The number of anilines is 1.